The fraction of sp³-hybridized carbons (Fsp3) is 0.450. The second-order valence-corrected chi connectivity index (χ2v) is 9.00. The number of nitrogens with zero attached hydrogens (tertiary/aromatic N) is 1. The van der Waals surface area contributed by atoms with Crippen LogP contribution in [-0.4, -0.2) is 30.4 Å². The molecule has 2 aromatic rings. The Labute approximate surface area is 150 Å². The molecule has 1 aliphatic carbocycles. The van der Waals surface area contributed by atoms with Crippen LogP contribution in [0.1, 0.15) is 38.5 Å². The summed E-state index contributed by atoms with van der Waals surface area (Å²) in [5, 5.41) is 11.7. The summed E-state index contributed by atoms with van der Waals surface area (Å²) < 4.78 is 28.2. The van der Waals surface area contributed by atoms with Crippen molar-refractivity contribution >= 4 is 20.8 Å². The molecule has 2 aromatic carbocycles. The van der Waals surface area contributed by atoms with Crippen molar-refractivity contribution in [1.82, 2.24) is 4.31 Å². The SMILES string of the molecule is O=S(=O)(c1cc(O)c2ccccc2c1)N1CCCC2CCCC1C2.[CH2]. The average Bonchev–Trinajstić information content (AvgIpc) is 2.73. The number of phenolic OH excluding ortho intramolecular Hbond substituents is 1. The normalized spacial score (nSPS) is 24.5. The van der Waals surface area contributed by atoms with Crippen molar-refractivity contribution in [3.8, 4) is 5.75 Å². The number of phenols is 1. The molecule has 2 bridgehead atoms. The molecule has 1 heterocycles. The van der Waals surface area contributed by atoms with Crippen molar-refractivity contribution in [1.29, 1.82) is 0 Å². The largest absolute Gasteiger partial charge is 0.507 e. The standard InChI is InChI=1S/C19H23NO3S.CH2/c21-19-13-17(12-15-7-1-2-9-18(15)19)24(22,23)20-10-4-6-14-5-3-8-16(20)11-14;/h1-2,7,9,12-14,16,21H,3-6,8,10-11H2;1H2. The van der Waals surface area contributed by atoms with Gasteiger partial charge in [0.1, 0.15) is 5.75 Å². The molecule has 2 fully saturated rings. The van der Waals surface area contributed by atoms with E-state index in [9.17, 15) is 13.5 Å². The van der Waals surface area contributed by atoms with Crippen LogP contribution >= 0.6 is 0 Å². The van der Waals surface area contributed by atoms with Crippen LogP contribution < -0.4 is 0 Å². The first-order chi connectivity index (χ1) is 11.6. The van der Waals surface area contributed by atoms with Gasteiger partial charge >= 0.3 is 0 Å². The van der Waals surface area contributed by atoms with Crippen LogP contribution in [0.25, 0.3) is 10.8 Å². The Morgan fingerprint density at radius 3 is 2.64 bits per heavy atom. The topological polar surface area (TPSA) is 57.6 Å². The van der Waals surface area contributed by atoms with Crippen LogP contribution in [0.5, 0.6) is 5.75 Å². The van der Waals surface area contributed by atoms with Gasteiger partial charge in [0.25, 0.3) is 0 Å². The number of sulfonamides is 1. The summed E-state index contributed by atoms with van der Waals surface area (Å²) in [5.74, 6) is 0.706. The Balaban J connectivity index is 0.00000182. The van der Waals surface area contributed by atoms with Crippen LogP contribution in [0, 0.1) is 13.3 Å². The number of rotatable bonds is 2. The highest BCUT2D eigenvalue weighted by molar-refractivity contribution is 7.89. The van der Waals surface area contributed by atoms with E-state index in [-0.39, 0.29) is 24.1 Å². The molecule has 4 nitrogen and oxygen atoms in total. The number of aromatic hydroxyl groups is 1. The lowest BCUT2D eigenvalue weighted by Crippen LogP contribution is -2.41. The summed E-state index contributed by atoms with van der Waals surface area (Å²) >= 11 is 0. The van der Waals surface area contributed by atoms with E-state index in [1.807, 2.05) is 18.2 Å². The van der Waals surface area contributed by atoms with Gasteiger partial charge in [0.15, 0.2) is 0 Å². The predicted molar refractivity (Wildman–Crippen MR) is 99.8 cm³/mol. The van der Waals surface area contributed by atoms with Crippen molar-refractivity contribution in [3.63, 3.8) is 0 Å². The van der Waals surface area contributed by atoms with Crippen LogP contribution in [-0.2, 0) is 10.0 Å². The molecule has 1 saturated heterocycles. The first kappa shape index (κ1) is 18.2. The minimum absolute atomic E-state index is 0. The second-order valence-electron chi connectivity index (χ2n) is 7.11. The van der Waals surface area contributed by atoms with Crippen molar-refractivity contribution in [2.24, 2.45) is 5.92 Å². The lowest BCUT2D eigenvalue weighted by molar-refractivity contribution is 0.238. The fourth-order valence-corrected chi connectivity index (χ4v) is 6.13. The van der Waals surface area contributed by atoms with E-state index in [0.717, 1.165) is 37.5 Å². The van der Waals surface area contributed by atoms with Gasteiger partial charge in [-0.25, -0.2) is 8.42 Å². The second kappa shape index (κ2) is 6.96. The van der Waals surface area contributed by atoms with E-state index in [4.69, 9.17) is 0 Å². The third kappa shape index (κ3) is 3.27. The lowest BCUT2D eigenvalue weighted by Gasteiger charge is -2.33. The summed E-state index contributed by atoms with van der Waals surface area (Å²) in [6.07, 6.45) is 6.35. The Morgan fingerprint density at radius 2 is 1.80 bits per heavy atom. The van der Waals surface area contributed by atoms with Crippen LogP contribution in [0.3, 0.4) is 0 Å². The molecule has 1 saturated carbocycles. The molecule has 4 rings (SSSR count). The van der Waals surface area contributed by atoms with Gasteiger partial charge < -0.3 is 5.11 Å². The zero-order chi connectivity index (χ0) is 16.7. The van der Waals surface area contributed by atoms with E-state index >= 15 is 0 Å². The monoisotopic (exact) mass is 359 g/mol. The van der Waals surface area contributed by atoms with E-state index < -0.39 is 10.0 Å². The minimum Gasteiger partial charge on any atom is -0.507 e. The van der Waals surface area contributed by atoms with E-state index in [2.05, 4.69) is 0 Å². The number of hydrogen-bond acceptors (Lipinski definition) is 3. The molecule has 134 valence electrons. The van der Waals surface area contributed by atoms with Crippen molar-refractivity contribution in [2.75, 3.05) is 6.54 Å². The Hall–Kier alpha value is -1.59. The van der Waals surface area contributed by atoms with Gasteiger partial charge in [-0.1, -0.05) is 44.5 Å². The molecule has 0 amide bonds. The van der Waals surface area contributed by atoms with Crippen molar-refractivity contribution < 1.29 is 13.5 Å². The number of fused-ring (bicyclic) bond motifs is 3. The minimum atomic E-state index is -3.58. The highest BCUT2D eigenvalue weighted by atomic mass is 32.2. The van der Waals surface area contributed by atoms with Gasteiger partial charge in [0.2, 0.25) is 10.0 Å². The van der Waals surface area contributed by atoms with Gasteiger partial charge in [0.05, 0.1) is 4.90 Å². The van der Waals surface area contributed by atoms with Crippen LogP contribution in [0.2, 0.25) is 0 Å². The Kier molecular flexibility index (Phi) is 5.07. The zero-order valence-electron chi connectivity index (χ0n) is 14.4. The Bertz CT molecular complexity index is 862. The summed E-state index contributed by atoms with van der Waals surface area (Å²) in [5.41, 5.74) is 0. The molecule has 0 aromatic heterocycles. The van der Waals surface area contributed by atoms with E-state index in [1.54, 1.807) is 16.4 Å². The molecular formula is C20H25NO3S. The van der Waals surface area contributed by atoms with Gasteiger partial charge in [-0.05, 0) is 43.1 Å². The third-order valence-electron chi connectivity index (χ3n) is 5.57. The molecule has 2 radical (unpaired) electrons. The molecule has 25 heavy (non-hydrogen) atoms. The maximum atomic E-state index is 13.3. The molecule has 2 atom stereocenters. The third-order valence-corrected chi connectivity index (χ3v) is 7.50. The summed E-state index contributed by atoms with van der Waals surface area (Å²) in [7, 11) is -3.58. The molecule has 1 aliphatic heterocycles. The smallest absolute Gasteiger partial charge is 0.243 e. The maximum absolute atomic E-state index is 13.3. The highest BCUT2D eigenvalue weighted by Gasteiger charge is 2.37. The molecule has 1 N–H and O–H groups in total. The predicted octanol–water partition coefficient (Wildman–Crippen LogP) is 4.22. The van der Waals surface area contributed by atoms with E-state index in [1.165, 1.54) is 12.5 Å². The molecule has 2 aliphatic rings. The summed E-state index contributed by atoms with van der Waals surface area (Å²) in [6, 6.07) is 10.6. The number of benzene rings is 2. The number of hydrogen-bond donors (Lipinski definition) is 1. The van der Waals surface area contributed by atoms with Gasteiger partial charge in [-0.2, -0.15) is 4.31 Å². The lowest BCUT2D eigenvalue weighted by atomic mass is 9.84. The first-order valence-electron chi connectivity index (χ1n) is 8.79. The highest BCUT2D eigenvalue weighted by Crippen LogP contribution is 2.37. The maximum Gasteiger partial charge on any atom is 0.243 e. The molecule has 2 unspecified atom stereocenters. The fourth-order valence-electron chi connectivity index (χ4n) is 4.37. The molecule has 0 spiro atoms. The first-order valence-corrected chi connectivity index (χ1v) is 10.2. The molecular weight excluding hydrogens is 334 g/mol. The van der Waals surface area contributed by atoms with E-state index in [0.29, 0.717) is 17.8 Å². The van der Waals surface area contributed by atoms with Gasteiger partial charge in [-0.3, -0.25) is 0 Å². The van der Waals surface area contributed by atoms with Gasteiger partial charge in [0, 0.05) is 24.0 Å². The average molecular weight is 359 g/mol. The quantitative estimate of drug-likeness (QED) is 0.873. The van der Waals surface area contributed by atoms with Crippen molar-refractivity contribution in [3.05, 3.63) is 43.8 Å². The van der Waals surface area contributed by atoms with Crippen LogP contribution in [0.15, 0.2) is 41.3 Å². The summed E-state index contributed by atoms with van der Waals surface area (Å²) in [4.78, 5) is 0.211. The van der Waals surface area contributed by atoms with Crippen LogP contribution in [0.4, 0.5) is 0 Å². The summed E-state index contributed by atoms with van der Waals surface area (Å²) in [6.45, 7) is 0.594. The zero-order valence-corrected chi connectivity index (χ0v) is 15.2. The molecule has 5 heteroatoms. The van der Waals surface area contributed by atoms with Gasteiger partial charge in [-0.15, -0.1) is 0 Å². The Morgan fingerprint density at radius 1 is 1.04 bits per heavy atom. The van der Waals surface area contributed by atoms with Crippen molar-refractivity contribution in [2.45, 2.75) is 49.5 Å².